The Morgan fingerprint density at radius 2 is 1.07 bits per heavy atom. The third-order valence-electron chi connectivity index (χ3n) is 10.3. The highest BCUT2D eigenvalue weighted by Gasteiger charge is 2.54. The molecule has 2 aliphatic heterocycles. The fourth-order valence-electron chi connectivity index (χ4n) is 5.89. The van der Waals surface area contributed by atoms with E-state index in [-0.39, 0.29) is 0 Å². The summed E-state index contributed by atoms with van der Waals surface area (Å²) >= 11 is 0. The highest BCUT2D eigenvalue weighted by molar-refractivity contribution is 6.66. The van der Waals surface area contributed by atoms with Crippen LogP contribution in [0.25, 0.3) is 22.4 Å². The smallest absolute Gasteiger partial charge is 0.399 e. The first-order valence-corrected chi connectivity index (χ1v) is 16.1. The van der Waals surface area contributed by atoms with Gasteiger partial charge in [0.05, 0.1) is 28.1 Å². The van der Waals surface area contributed by atoms with Crippen molar-refractivity contribution in [1.29, 1.82) is 0 Å². The van der Waals surface area contributed by atoms with Gasteiger partial charge in [-0.15, -0.1) is 0 Å². The molecule has 0 saturated carbocycles. The molecule has 3 heterocycles. The van der Waals surface area contributed by atoms with Crippen molar-refractivity contribution in [2.24, 2.45) is 0 Å². The lowest BCUT2D eigenvalue weighted by Gasteiger charge is -2.32. The molecule has 0 bridgehead atoms. The van der Waals surface area contributed by atoms with E-state index in [0.717, 1.165) is 35.0 Å². The molecule has 0 radical (unpaired) electrons. The zero-order valence-corrected chi connectivity index (χ0v) is 28.2. The molecule has 4 aromatic rings. The van der Waals surface area contributed by atoms with Gasteiger partial charge in [-0.1, -0.05) is 66.7 Å². The number of aromatic nitrogens is 1. The van der Waals surface area contributed by atoms with Gasteiger partial charge in [-0.25, -0.2) is 0 Å². The van der Waals surface area contributed by atoms with Crippen LogP contribution in [0.2, 0.25) is 0 Å². The van der Waals surface area contributed by atoms with Crippen molar-refractivity contribution in [2.45, 2.75) is 97.6 Å². The molecule has 232 valence electrons. The predicted octanol–water partition coefficient (Wildman–Crippen LogP) is 7.11. The number of pyridine rings is 1. The van der Waals surface area contributed by atoms with Crippen LogP contribution in [0, 0.1) is 6.92 Å². The van der Waals surface area contributed by atoms with Crippen molar-refractivity contribution in [2.75, 3.05) is 0 Å². The molecular weight excluding hydrogens is 556 g/mol. The van der Waals surface area contributed by atoms with Crippen molar-refractivity contribution in [3.63, 3.8) is 0 Å². The summed E-state index contributed by atoms with van der Waals surface area (Å²) in [6, 6.07) is 27.8. The summed E-state index contributed by atoms with van der Waals surface area (Å²) in [5, 5.41) is 0. The van der Waals surface area contributed by atoms with E-state index in [0.29, 0.717) is 0 Å². The molecule has 1 aromatic heterocycles. The third kappa shape index (κ3) is 6.29. The molecule has 0 spiro atoms. The second-order valence-corrected chi connectivity index (χ2v) is 14.6. The summed E-state index contributed by atoms with van der Waals surface area (Å²) in [6.07, 6.45) is 3.73. The summed E-state index contributed by atoms with van der Waals surface area (Å²) in [6.45, 7) is 18.9. The molecule has 2 aliphatic rings. The van der Waals surface area contributed by atoms with Crippen LogP contribution in [0.1, 0.15) is 72.1 Å². The largest absolute Gasteiger partial charge is 0.494 e. The van der Waals surface area contributed by atoms with E-state index >= 15 is 0 Å². The number of benzene rings is 3. The summed E-state index contributed by atoms with van der Waals surface area (Å²) in [5.41, 5.74) is 8.41. The van der Waals surface area contributed by atoms with E-state index in [2.05, 4.69) is 135 Å². The van der Waals surface area contributed by atoms with E-state index in [1.165, 1.54) is 27.8 Å². The fourth-order valence-corrected chi connectivity index (χ4v) is 5.89. The molecule has 0 unspecified atom stereocenters. The van der Waals surface area contributed by atoms with Crippen LogP contribution in [0.4, 0.5) is 0 Å². The van der Waals surface area contributed by atoms with E-state index in [9.17, 15) is 0 Å². The van der Waals surface area contributed by atoms with Crippen molar-refractivity contribution >= 4 is 25.2 Å². The van der Waals surface area contributed by atoms with Crippen LogP contribution in [-0.4, -0.2) is 41.6 Å². The van der Waals surface area contributed by atoms with Gasteiger partial charge in [0.15, 0.2) is 0 Å². The molecule has 7 heteroatoms. The minimum Gasteiger partial charge on any atom is -0.399 e. The number of hydrogen-bond acceptors (Lipinski definition) is 5. The normalized spacial score (nSPS) is 19.7. The average Bonchev–Trinajstić information content (AvgIpc) is 3.36. The Morgan fingerprint density at radius 1 is 0.556 bits per heavy atom. The molecule has 2 fully saturated rings. The number of rotatable bonds is 7. The average molecular weight is 601 g/mol. The molecular formula is C38H45B2NO4. The maximum Gasteiger partial charge on any atom is 0.494 e. The molecule has 3 aromatic carbocycles. The summed E-state index contributed by atoms with van der Waals surface area (Å²) in [5.74, 6) is 0. The lowest BCUT2D eigenvalue weighted by atomic mass is 9.70. The van der Waals surface area contributed by atoms with Crippen LogP contribution in [0.15, 0.2) is 85.1 Å². The summed E-state index contributed by atoms with van der Waals surface area (Å²) in [4.78, 5) is 4.90. The van der Waals surface area contributed by atoms with Gasteiger partial charge in [0, 0.05) is 11.8 Å². The SMILES string of the molecule is Cc1cc(-c2cccc(-c3ccccc3)c2)ncc1CCc1cc(B2OC(C)(C)C(C)(C)O2)cc(B2OC(C)(C)C(C)(C)O2)c1. The topological polar surface area (TPSA) is 49.8 Å². The highest BCUT2D eigenvalue weighted by atomic mass is 16.7. The van der Waals surface area contributed by atoms with Crippen molar-refractivity contribution in [3.8, 4) is 22.4 Å². The van der Waals surface area contributed by atoms with Gasteiger partial charge in [0.1, 0.15) is 0 Å². The van der Waals surface area contributed by atoms with Crippen LogP contribution in [0.5, 0.6) is 0 Å². The van der Waals surface area contributed by atoms with Gasteiger partial charge in [0.2, 0.25) is 0 Å². The standard InChI is InChI=1S/C38H45B2NO4/c1-26-20-34(30-17-13-16-29(23-30)28-14-11-10-12-15-28)41-25-31(26)19-18-27-21-32(39-42-35(2,3)36(4,5)43-39)24-33(22-27)40-44-37(6,7)38(8,9)45-40/h10-17,20-25H,18-19H2,1-9H3. The Kier molecular flexibility index (Phi) is 8.14. The summed E-state index contributed by atoms with van der Waals surface area (Å²) in [7, 11) is -0.934. The van der Waals surface area contributed by atoms with Crippen molar-refractivity contribution in [3.05, 3.63) is 102 Å². The third-order valence-corrected chi connectivity index (χ3v) is 10.3. The minimum absolute atomic E-state index is 0.427. The van der Waals surface area contributed by atoms with E-state index in [1.54, 1.807) is 0 Å². The van der Waals surface area contributed by atoms with Crippen LogP contribution < -0.4 is 10.9 Å². The van der Waals surface area contributed by atoms with Crippen LogP contribution in [-0.2, 0) is 31.5 Å². The lowest BCUT2D eigenvalue weighted by molar-refractivity contribution is 0.00578. The maximum absolute atomic E-state index is 6.46. The lowest BCUT2D eigenvalue weighted by Crippen LogP contribution is -2.41. The Balaban J connectivity index is 1.26. The van der Waals surface area contributed by atoms with Gasteiger partial charge >= 0.3 is 14.2 Å². The van der Waals surface area contributed by atoms with Gasteiger partial charge in [-0.05, 0) is 126 Å². The molecule has 0 aliphatic carbocycles. The monoisotopic (exact) mass is 601 g/mol. The summed E-state index contributed by atoms with van der Waals surface area (Å²) < 4.78 is 25.9. The molecule has 45 heavy (non-hydrogen) atoms. The van der Waals surface area contributed by atoms with Crippen LogP contribution >= 0.6 is 0 Å². The van der Waals surface area contributed by atoms with E-state index in [1.807, 2.05) is 12.3 Å². The van der Waals surface area contributed by atoms with Gasteiger partial charge < -0.3 is 18.6 Å². The van der Waals surface area contributed by atoms with E-state index < -0.39 is 36.6 Å². The van der Waals surface area contributed by atoms with Gasteiger partial charge in [0.25, 0.3) is 0 Å². The Bertz CT molecular complexity index is 1610. The molecule has 0 amide bonds. The van der Waals surface area contributed by atoms with Crippen molar-refractivity contribution < 1.29 is 18.6 Å². The quantitative estimate of drug-likeness (QED) is 0.212. The number of hydrogen-bond donors (Lipinski definition) is 0. The first-order chi connectivity index (χ1) is 21.1. The minimum atomic E-state index is -0.467. The Morgan fingerprint density at radius 3 is 1.60 bits per heavy atom. The molecule has 0 atom stereocenters. The Labute approximate surface area is 270 Å². The van der Waals surface area contributed by atoms with Gasteiger partial charge in [-0.2, -0.15) is 0 Å². The first-order valence-electron chi connectivity index (χ1n) is 16.1. The predicted molar refractivity (Wildman–Crippen MR) is 185 cm³/mol. The molecule has 2 saturated heterocycles. The molecule has 5 nitrogen and oxygen atoms in total. The zero-order valence-electron chi connectivity index (χ0n) is 28.2. The van der Waals surface area contributed by atoms with Crippen LogP contribution in [0.3, 0.4) is 0 Å². The Hall–Kier alpha value is -3.22. The molecule has 6 rings (SSSR count). The second kappa shape index (κ2) is 11.5. The van der Waals surface area contributed by atoms with Gasteiger partial charge in [-0.3, -0.25) is 4.98 Å². The number of aryl methyl sites for hydroxylation is 3. The van der Waals surface area contributed by atoms with Crippen molar-refractivity contribution in [1.82, 2.24) is 4.98 Å². The fraction of sp³-hybridized carbons (Fsp3) is 0.395. The highest BCUT2D eigenvalue weighted by Crippen LogP contribution is 2.38. The molecule has 0 N–H and O–H groups in total. The maximum atomic E-state index is 6.46. The zero-order chi connectivity index (χ0) is 32.2. The number of nitrogens with zero attached hydrogens (tertiary/aromatic N) is 1. The van der Waals surface area contributed by atoms with E-state index in [4.69, 9.17) is 23.6 Å². The first kappa shape index (κ1) is 31.7. The second-order valence-electron chi connectivity index (χ2n) is 14.6.